The van der Waals surface area contributed by atoms with E-state index in [-0.39, 0.29) is 47.5 Å². The van der Waals surface area contributed by atoms with E-state index < -0.39 is 0 Å². The molecule has 38 heavy (non-hydrogen) atoms. The van der Waals surface area contributed by atoms with Crippen molar-refractivity contribution in [3.63, 3.8) is 0 Å². The highest BCUT2D eigenvalue weighted by molar-refractivity contribution is 6.05. The SMILES string of the molecule is CC(=O)N(C(C)=O)C1CCC(C2CCC(C3CCC(N4C(=O)C5CC(C)C(C)CC5C4=O)CC3)CC2)CC1. The van der Waals surface area contributed by atoms with Crippen molar-refractivity contribution in [2.45, 2.75) is 130 Å². The first-order valence-corrected chi connectivity index (χ1v) is 15.8. The zero-order valence-electron chi connectivity index (χ0n) is 24.2. The van der Waals surface area contributed by atoms with Crippen LogP contribution in [0.5, 0.6) is 0 Å². The molecule has 0 spiro atoms. The van der Waals surface area contributed by atoms with Gasteiger partial charge in [-0.25, -0.2) is 0 Å². The summed E-state index contributed by atoms with van der Waals surface area (Å²) < 4.78 is 0. The lowest BCUT2D eigenvalue weighted by molar-refractivity contribution is -0.147. The summed E-state index contributed by atoms with van der Waals surface area (Å²) in [5.74, 6) is 4.10. The topological polar surface area (TPSA) is 74.8 Å². The van der Waals surface area contributed by atoms with E-state index >= 15 is 0 Å². The molecule has 5 aliphatic rings. The molecule has 1 saturated heterocycles. The van der Waals surface area contributed by atoms with Crippen LogP contribution in [0.2, 0.25) is 0 Å². The molecule has 4 aliphatic carbocycles. The van der Waals surface area contributed by atoms with E-state index in [1.165, 1.54) is 44.4 Å². The molecule has 1 heterocycles. The van der Waals surface area contributed by atoms with Gasteiger partial charge in [0.1, 0.15) is 0 Å². The van der Waals surface area contributed by atoms with E-state index in [9.17, 15) is 19.2 Å². The van der Waals surface area contributed by atoms with Gasteiger partial charge in [-0.2, -0.15) is 0 Å². The maximum Gasteiger partial charge on any atom is 0.233 e. The first-order chi connectivity index (χ1) is 18.2. The lowest BCUT2D eigenvalue weighted by atomic mass is 9.66. The Labute approximate surface area is 229 Å². The summed E-state index contributed by atoms with van der Waals surface area (Å²) in [7, 11) is 0. The molecular formula is C32H50N2O4. The fourth-order valence-corrected chi connectivity index (χ4v) is 9.45. The second kappa shape index (κ2) is 11.4. The largest absolute Gasteiger partial charge is 0.280 e. The summed E-state index contributed by atoms with van der Waals surface area (Å²) in [4.78, 5) is 53.6. The molecule has 4 atom stereocenters. The molecule has 0 aromatic heterocycles. The second-order valence-corrected chi connectivity index (χ2v) is 13.9. The Balaban J connectivity index is 1.07. The van der Waals surface area contributed by atoms with Crippen molar-refractivity contribution in [2.24, 2.45) is 47.3 Å². The number of likely N-dealkylation sites (tertiary alicyclic amines) is 1. The van der Waals surface area contributed by atoms with E-state index in [4.69, 9.17) is 0 Å². The van der Waals surface area contributed by atoms with Gasteiger partial charge in [0, 0.05) is 25.9 Å². The van der Waals surface area contributed by atoms with Crippen LogP contribution < -0.4 is 0 Å². The van der Waals surface area contributed by atoms with Crippen molar-refractivity contribution in [1.82, 2.24) is 9.80 Å². The first kappa shape index (κ1) is 27.8. The first-order valence-electron chi connectivity index (χ1n) is 15.8. The Bertz CT molecular complexity index is 866. The predicted octanol–water partition coefficient (Wildman–Crippen LogP) is 5.97. The summed E-state index contributed by atoms with van der Waals surface area (Å²) in [6.45, 7) is 7.50. The number of carbonyl (C=O) groups is 4. The Kier molecular flexibility index (Phi) is 8.36. The van der Waals surface area contributed by atoms with Crippen molar-refractivity contribution >= 4 is 23.6 Å². The molecule has 0 radical (unpaired) electrons. The Morgan fingerprint density at radius 3 is 1.32 bits per heavy atom. The van der Waals surface area contributed by atoms with Crippen LogP contribution in [-0.4, -0.2) is 45.5 Å². The lowest BCUT2D eigenvalue weighted by Crippen LogP contribution is -2.45. The Morgan fingerprint density at radius 1 is 0.605 bits per heavy atom. The van der Waals surface area contributed by atoms with Gasteiger partial charge in [0.15, 0.2) is 0 Å². The normalized spacial score (nSPS) is 42.1. The fraction of sp³-hybridized carbons (Fsp3) is 0.875. The number of imide groups is 2. The van der Waals surface area contributed by atoms with E-state index in [2.05, 4.69) is 13.8 Å². The van der Waals surface area contributed by atoms with Crippen molar-refractivity contribution < 1.29 is 19.2 Å². The zero-order valence-corrected chi connectivity index (χ0v) is 24.2. The molecular weight excluding hydrogens is 476 g/mol. The van der Waals surface area contributed by atoms with Gasteiger partial charge in [-0.1, -0.05) is 13.8 Å². The van der Waals surface area contributed by atoms with Crippen molar-refractivity contribution in [3.05, 3.63) is 0 Å². The highest BCUT2D eigenvalue weighted by Crippen LogP contribution is 2.48. The molecule has 0 aromatic rings. The Hall–Kier alpha value is -1.72. The summed E-state index contributed by atoms with van der Waals surface area (Å²) in [6, 6.07) is 0.233. The molecule has 0 N–H and O–H groups in total. The average Bonchev–Trinajstić information content (AvgIpc) is 3.13. The van der Waals surface area contributed by atoms with Gasteiger partial charge < -0.3 is 0 Å². The minimum Gasteiger partial charge on any atom is -0.280 e. The number of hydrogen-bond acceptors (Lipinski definition) is 4. The number of carbonyl (C=O) groups excluding carboxylic acids is 4. The van der Waals surface area contributed by atoms with E-state index in [0.29, 0.717) is 11.8 Å². The molecule has 5 rings (SSSR count). The minimum absolute atomic E-state index is 0.0511. The second-order valence-electron chi connectivity index (χ2n) is 13.9. The summed E-state index contributed by atoms with van der Waals surface area (Å²) in [6.07, 6.45) is 15.5. The summed E-state index contributed by atoms with van der Waals surface area (Å²) in [5.41, 5.74) is 0. The number of amides is 4. The third-order valence-electron chi connectivity index (χ3n) is 11.9. The van der Waals surface area contributed by atoms with Crippen LogP contribution in [0, 0.1) is 47.3 Å². The monoisotopic (exact) mass is 526 g/mol. The van der Waals surface area contributed by atoms with Crippen LogP contribution in [0.15, 0.2) is 0 Å². The van der Waals surface area contributed by atoms with E-state index in [0.717, 1.165) is 87.9 Å². The third kappa shape index (κ3) is 5.35. The molecule has 0 aromatic carbocycles. The molecule has 6 heteroatoms. The highest BCUT2D eigenvalue weighted by Gasteiger charge is 2.53. The van der Waals surface area contributed by atoms with Gasteiger partial charge in [-0.15, -0.1) is 0 Å². The predicted molar refractivity (Wildman–Crippen MR) is 147 cm³/mol. The molecule has 4 amide bonds. The van der Waals surface area contributed by atoms with Crippen LogP contribution >= 0.6 is 0 Å². The number of hydrogen-bond donors (Lipinski definition) is 0. The number of nitrogens with zero attached hydrogens (tertiary/aromatic N) is 2. The highest BCUT2D eigenvalue weighted by atomic mass is 16.2. The van der Waals surface area contributed by atoms with Crippen LogP contribution in [0.4, 0.5) is 0 Å². The molecule has 0 bridgehead atoms. The summed E-state index contributed by atoms with van der Waals surface area (Å²) >= 11 is 0. The molecule has 4 unspecified atom stereocenters. The van der Waals surface area contributed by atoms with Gasteiger partial charge in [0.25, 0.3) is 0 Å². The summed E-state index contributed by atoms with van der Waals surface area (Å²) in [5, 5.41) is 0. The lowest BCUT2D eigenvalue weighted by Gasteiger charge is -2.43. The quantitative estimate of drug-likeness (QED) is 0.423. The van der Waals surface area contributed by atoms with Gasteiger partial charge >= 0.3 is 0 Å². The molecule has 4 saturated carbocycles. The number of rotatable bonds is 4. The van der Waals surface area contributed by atoms with Crippen LogP contribution in [0.1, 0.15) is 118 Å². The molecule has 1 aliphatic heterocycles. The van der Waals surface area contributed by atoms with Gasteiger partial charge in [0.05, 0.1) is 11.8 Å². The molecule has 5 fully saturated rings. The molecule has 6 nitrogen and oxygen atoms in total. The number of fused-ring (bicyclic) bond motifs is 1. The van der Waals surface area contributed by atoms with Crippen LogP contribution in [-0.2, 0) is 19.2 Å². The van der Waals surface area contributed by atoms with Gasteiger partial charge in [-0.3, -0.25) is 29.0 Å². The maximum absolute atomic E-state index is 13.3. The standard InChI is InChI=1S/C32H50N2O4/c1-19-17-29-30(18-20(19)2)32(38)34(31(29)37)28-15-11-26(12-16-28)24-7-5-23(6-8-24)25-9-13-27(14-10-25)33(21(3)35)22(4)36/h19-20,23-30H,5-18H2,1-4H3. The van der Waals surface area contributed by atoms with E-state index in [1.54, 1.807) is 4.90 Å². The van der Waals surface area contributed by atoms with Gasteiger partial charge in [-0.05, 0) is 125 Å². The fourth-order valence-electron chi connectivity index (χ4n) is 9.45. The zero-order chi connectivity index (χ0) is 27.1. The van der Waals surface area contributed by atoms with Crippen LogP contribution in [0.25, 0.3) is 0 Å². The van der Waals surface area contributed by atoms with E-state index in [1.807, 2.05) is 0 Å². The van der Waals surface area contributed by atoms with Gasteiger partial charge in [0.2, 0.25) is 23.6 Å². The average molecular weight is 527 g/mol. The van der Waals surface area contributed by atoms with Crippen LogP contribution in [0.3, 0.4) is 0 Å². The van der Waals surface area contributed by atoms with Crippen molar-refractivity contribution in [2.75, 3.05) is 0 Å². The minimum atomic E-state index is -0.114. The van der Waals surface area contributed by atoms with Crippen molar-refractivity contribution in [1.29, 1.82) is 0 Å². The third-order valence-corrected chi connectivity index (χ3v) is 11.9. The van der Waals surface area contributed by atoms with Crippen molar-refractivity contribution in [3.8, 4) is 0 Å². The smallest absolute Gasteiger partial charge is 0.233 e. The molecule has 212 valence electrons. The maximum atomic E-state index is 13.3. The Morgan fingerprint density at radius 2 is 0.947 bits per heavy atom.